The van der Waals surface area contributed by atoms with Gasteiger partial charge in [-0.2, -0.15) is 0 Å². The van der Waals surface area contributed by atoms with Crippen LogP contribution in [0.4, 0.5) is 0 Å². The monoisotopic (exact) mass is 330 g/mol. The first-order chi connectivity index (χ1) is 9.41. The summed E-state index contributed by atoms with van der Waals surface area (Å²) in [6, 6.07) is 11.5. The number of ether oxygens (including phenoxy) is 1. The molecule has 20 heavy (non-hydrogen) atoms. The van der Waals surface area contributed by atoms with Gasteiger partial charge in [-0.15, -0.1) is 11.6 Å². The molecule has 0 fully saturated rings. The molecule has 3 nitrogen and oxygen atoms in total. The summed E-state index contributed by atoms with van der Waals surface area (Å²) < 4.78 is 28.7. The standard InChI is InChI=1S/C14H12Cl2O3S/c1-20(17,18)12-6-3-5-11(8-12)19-14-10(9-15)4-2-7-13(14)16/h2-8H,9H2,1H3. The minimum Gasteiger partial charge on any atom is -0.455 e. The van der Waals surface area contributed by atoms with E-state index in [9.17, 15) is 8.42 Å². The van der Waals surface area contributed by atoms with Crippen molar-refractivity contribution < 1.29 is 13.2 Å². The predicted octanol–water partition coefficient (Wildman–Crippen LogP) is 4.27. The summed E-state index contributed by atoms with van der Waals surface area (Å²) in [6.45, 7) is 0. The van der Waals surface area contributed by atoms with E-state index < -0.39 is 9.84 Å². The first-order valence-corrected chi connectivity index (χ1v) is 8.53. The molecule has 6 heteroatoms. The summed E-state index contributed by atoms with van der Waals surface area (Å²) in [5, 5.41) is 0.424. The van der Waals surface area contributed by atoms with Crippen LogP contribution < -0.4 is 4.74 Å². The molecule has 2 aromatic carbocycles. The maximum Gasteiger partial charge on any atom is 0.175 e. The number of sulfone groups is 1. The second-order valence-electron chi connectivity index (χ2n) is 4.21. The lowest BCUT2D eigenvalue weighted by Crippen LogP contribution is -1.97. The molecule has 0 saturated heterocycles. The SMILES string of the molecule is CS(=O)(=O)c1cccc(Oc2c(Cl)cccc2CCl)c1. The highest BCUT2D eigenvalue weighted by Gasteiger charge is 2.12. The van der Waals surface area contributed by atoms with Crippen LogP contribution in [0, 0.1) is 0 Å². The molecule has 106 valence electrons. The number of benzene rings is 2. The Kier molecular flexibility index (Phi) is 4.58. The molecular formula is C14H12Cl2O3S. The maximum atomic E-state index is 11.5. The van der Waals surface area contributed by atoms with Crippen molar-refractivity contribution in [2.24, 2.45) is 0 Å². The van der Waals surface area contributed by atoms with Gasteiger partial charge in [0.1, 0.15) is 11.5 Å². The molecule has 0 heterocycles. The van der Waals surface area contributed by atoms with Crippen LogP contribution in [-0.4, -0.2) is 14.7 Å². The second kappa shape index (κ2) is 6.04. The normalized spacial score (nSPS) is 11.3. The highest BCUT2D eigenvalue weighted by Crippen LogP contribution is 2.34. The third kappa shape index (κ3) is 3.45. The molecule has 0 atom stereocenters. The summed E-state index contributed by atoms with van der Waals surface area (Å²) in [6.07, 6.45) is 1.14. The molecule has 0 radical (unpaired) electrons. The Morgan fingerprint density at radius 3 is 2.50 bits per heavy atom. The Balaban J connectivity index is 2.41. The zero-order valence-corrected chi connectivity index (χ0v) is 13.0. The fourth-order valence-corrected chi connectivity index (χ4v) is 2.76. The summed E-state index contributed by atoms with van der Waals surface area (Å²) in [5.41, 5.74) is 0.740. The highest BCUT2D eigenvalue weighted by atomic mass is 35.5. The Morgan fingerprint density at radius 2 is 1.85 bits per heavy atom. The van der Waals surface area contributed by atoms with Crippen LogP contribution in [0.15, 0.2) is 47.4 Å². The van der Waals surface area contributed by atoms with Crippen LogP contribution in [0.5, 0.6) is 11.5 Å². The van der Waals surface area contributed by atoms with E-state index in [-0.39, 0.29) is 10.8 Å². The molecule has 0 bridgehead atoms. The van der Waals surface area contributed by atoms with Gasteiger partial charge >= 0.3 is 0 Å². The lowest BCUT2D eigenvalue weighted by molar-refractivity contribution is 0.477. The van der Waals surface area contributed by atoms with Gasteiger partial charge in [0.15, 0.2) is 9.84 Å². The van der Waals surface area contributed by atoms with E-state index in [1.165, 1.54) is 12.1 Å². The molecule has 0 N–H and O–H groups in total. The zero-order chi connectivity index (χ0) is 14.8. The van der Waals surface area contributed by atoms with E-state index in [1.807, 2.05) is 0 Å². The molecule has 0 saturated carbocycles. The number of hydrogen-bond donors (Lipinski definition) is 0. The minimum atomic E-state index is -3.28. The second-order valence-corrected chi connectivity index (χ2v) is 6.90. The zero-order valence-electron chi connectivity index (χ0n) is 10.6. The average molecular weight is 331 g/mol. The van der Waals surface area contributed by atoms with Crippen LogP contribution >= 0.6 is 23.2 Å². The molecule has 0 unspecified atom stereocenters. The van der Waals surface area contributed by atoms with Gasteiger partial charge in [-0.1, -0.05) is 29.8 Å². The fourth-order valence-electron chi connectivity index (χ4n) is 1.66. The molecule has 0 aliphatic carbocycles. The smallest absolute Gasteiger partial charge is 0.175 e. The van der Waals surface area contributed by atoms with E-state index in [2.05, 4.69) is 0 Å². The van der Waals surface area contributed by atoms with Crippen LogP contribution in [-0.2, 0) is 15.7 Å². The van der Waals surface area contributed by atoms with Crippen molar-refractivity contribution in [1.29, 1.82) is 0 Å². The first kappa shape index (κ1) is 15.2. The Morgan fingerprint density at radius 1 is 1.15 bits per heavy atom. The molecule has 0 amide bonds. The van der Waals surface area contributed by atoms with Crippen molar-refractivity contribution >= 4 is 33.0 Å². The van der Waals surface area contributed by atoms with Crippen molar-refractivity contribution in [3.8, 4) is 11.5 Å². The molecular weight excluding hydrogens is 319 g/mol. The first-order valence-electron chi connectivity index (χ1n) is 5.73. The third-order valence-corrected chi connectivity index (χ3v) is 4.34. The van der Waals surface area contributed by atoms with Gasteiger partial charge in [-0.3, -0.25) is 0 Å². The number of hydrogen-bond acceptors (Lipinski definition) is 3. The van der Waals surface area contributed by atoms with Crippen LogP contribution in [0.25, 0.3) is 0 Å². The molecule has 0 aliphatic rings. The fraction of sp³-hybridized carbons (Fsp3) is 0.143. The van der Waals surface area contributed by atoms with E-state index in [1.54, 1.807) is 30.3 Å². The number of para-hydroxylation sites is 1. The van der Waals surface area contributed by atoms with Gasteiger partial charge in [0.25, 0.3) is 0 Å². The van der Waals surface area contributed by atoms with Crippen molar-refractivity contribution in [1.82, 2.24) is 0 Å². The molecule has 0 aliphatic heterocycles. The molecule has 2 rings (SSSR count). The Hall–Kier alpha value is -1.23. The summed E-state index contributed by atoms with van der Waals surface area (Å²) in [4.78, 5) is 0.189. The third-order valence-electron chi connectivity index (χ3n) is 2.65. The van der Waals surface area contributed by atoms with E-state index in [0.717, 1.165) is 11.8 Å². The van der Waals surface area contributed by atoms with Gasteiger partial charge in [-0.25, -0.2) is 8.42 Å². The van der Waals surface area contributed by atoms with E-state index in [0.29, 0.717) is 16.5 Å². The van der Waals surface area contributed by atoms with E-state index >= 15 is 0 Å². The van der Waals surface area contributed by atoms with Crippen LogP contribution in [0.3, 0.4) is 0 Å². The van der Waals surface area contributed by atoms with Crippen LogP contribution in [0.2, 0.25) is 5.02 Å². The lowest BCUT2D eigenvalue weighted by atomic mass is 10.2. The molecule has 0 spiro atoms. The summed E-state index contributed by atoms with van der Waals surface area (Å²) in [7, 11) is -3.28. The lowest BCUT2D eigenvalue weighted by Gasteiger charge is -2.12. The largest absolute Gasteiger partial charge is 0.455 e. The van der Waals surface area contributed by atoms with E-state index in [4.69, 9.17) is 27.9 Å². The number of halogens is 2. The maximum absolute atomic E-state index is 11.5. The van der Waals surface area contributed by atoms with Gasteiger partial charge in [0, 0.05) is 11.8 Å². The Bertz CT molecular complexity index is 727. The van der Waals surface area contributed by atoms with Gasteiger partial charge in [0.05, 0.1) is 15.8 Å². The van der Waals surface area contributed by atoms with Crippen LogP contribution in [0.1, 0.15) is 5.56 Å². The van der Waals surface area contributed by atoms with Crippen molar-refractivity contribution in [2.75, 3.05) is 6.26 Å². The van der Waals surface area contributed by atoms with Crippen molar-refractivity contribution in [3.05, 3.63) is 53.1 Å². The molecule has 0 aromatic heterocycles. The topological polar surface area (TPSA) is 43.4 Å². The van der Waals surface area contributed by atoms with Crippen molar-refractivity contribution in [2.45, 2.75) is 10.8 Å². The number of rotatable bonds is 4. The van der Waals surface area contributed by atoms with Gasteiger partial charge < -0.3 is 4.74 Å². The number of alkyl halides is 1. The van der Waals surface area contributed by atoms with Gasteiger partial charge in [-0.05, 0) is 24.3 Å². The van der Waals surface area contributed by atoms with Crippen molar-refractivity contribution in [3.63, 3.8) is 0 Å². The highest BCUT2D eigenvalue weighted by molar-refractivity contribution is 7.90. The van der Waals surface area contributed by atoms with Gasteiger partial charge in [0.2, 0.25) is 0 Å². The Labute approximate surface area is 128 Å². The predicted molar refractivity (Wildman–Crippen MR) is 80.6 cm³/mol. The average Bonchev–Trinajstić information content (AvgIpc) is 2.40. The summed E-state index contributed by atoms with van der Waals surface area (Å²) in [5.74, 6) is 1.09. The summed E-state index contributed by atoms with van der Waals surface area (Å²) >= 11 is 11.9. The quantitative estimate of drug-likeness (QED) is 0.786. The minimum absolute atomic E-state index is 0.189. The molecule has 2 aromatic rings.